The highest BCUT2D eigenvalue weighted by Crippen LogP contribution is 2.14. The maximum absolute atomic E-state index is 12.0. The Morgan fingerprint density at radius 3 is 2.29 bits per heavy atom. The number of carbonyl (C=O) groups is 2. The van der Waals surface area contributed by atoms with Gasteiger partial charge < -0.3 is 14.2 Å². The zero-order valence-electron chi connectivity index (χ0n) is 12.1. The minimum absolute atomic E-state index is 0.272. The highest BCUT2D eigenvalue weighted by Gasteiger charge is 2.18. The first-order valence-electron chi connectivity index (χ1n) is 6.28. The van der Waals surface area contributed by atoms with Crippen LogP contribution in [0.5, 0.6) is 0 Å². The Hall–Kier alpha value is -1.41. The summed E-state index contributed by atoms with van der Waals surface area (Å²) < 4.78 is 16.1. The molecule has 2 atom stereocenters. The highest BCUT2D eigenvalue weighted by molar-refractivity contribution is 14.1. The van der Waals surface area contributed by atoms with Crippen LogP contribution >= 0.6 is 22.6 Å². The summed E-state index contributed by atoms with van der Waals surface area (Å²) in [6.07, 6.45) is -1.69. The summed E-state index contributed by atoms with van der Waals surface area (Å²) in [7, 11) is 0. The van der Waals surface area contributed by atoms with Crippen LogP contribution in [0.4, 0.5) is 0 Å². The van der Waals surface area contributed by atoms with Crippen LogP contribution in [0.15, 0.2) is 36.4 Å². The van der Waals surface area contributed by atoms with Gasteiger partial charge in [0.1, 0.15) is 0 Å². The van der Waals surface area contributed by atoms with E-state index in [2.05, 4.69) is 29.2 Å². The molecule has 0 aliphatic rings. The molecule has 2 unspecified atom stereocenters. The number of halogens is 1. The van der Waals surface area contributed by atoms with Crippen LogP contribution in [0.25, 0.3) is 0 Å². The molecule has 21 heavy (non-hydrogen) atoms. The smallest absolute Gasteiger partial charge is 0.341 e. The molecule has 0 saturated heterocycles. The third-order valence-electron chi connectivity index (χ3n) is 2.37. The van der Waals surface area contributed by atoms with E-state index in [0.29, 0.717) is 5.56 Å². The lowest BCUT2D eigenvalue weighted by Gasteiger charge is -2.19. The van der Waals surface area contributed by atoms with E-state index in [1.807, 2.05) is 6.07 Å². The van der Waals surface area contributed by atoms with Gasteiger partial charge in [-0.3, -0.25) is 0 Å². The number of rotatable bonds is 6. The number of esters is 2. The fourth-order valence-electron chi connectivity index (χ4n) is 1.42. The van der Waals surface area contributed by atoms with Crippen molar-refractivity contribution in [1.82, 2.24) is 0 Å². The van der Waals surface area contributed by atoms with Gasteiger partial charge in [-0.1, -0.05) is 18.7 Å². The summed E-state index contributed by atoms with van der Waals surface area (Å²) in [5.74, 6) is -1.05. The Morgan fingerprint density at radius 1 is 1.14 bits per heavy atom. The van der Waals surface area contributed by atoms with Gasteiger partial charge in [-0.15, -0.1) is 0 Å². The van der Waals surface area contributed by atoms with Crippen LogP contribution < -0.4 is 0 Å². The van der Waals surface area contributed by atoms with E-state index in [1.54, 1.807) is 25.1 Å². The maximum Gasteiger partial charge on any atom is 0.341 e. The van der Waals surface area contributed by atoms with Gasteiger partial charge in [0.05, 0.1) is 5.56 Å². The first-order chi connectivity index (χ1) is 9.81. The fraction of sp³-hybridized carbons (Fsp3) is 0.333. The van der Waals surface area contributed by atoms with Crippen molar-refractivity contribution in [2.45, 2.75) is 33.4 Å². The van der Waals surface area contributed by atoms with Crippen molar-refractivity contribution in [3.63, 3.8) is 0 Å². The molecule has 0 heterocycles. The molecule has 0 radical (unpaired) electrons. The molecule has 0 saturated carbocycles. The molecule has 114 valence electrons. The molecule has 1 aromatic rings. The van der Waals surface area contributed by atoms with E-state index in [9.17, 15) is 9.59 Å². The van der Waals surface area contributed by atoms with Gasteiger partial charge in [-0.2, -0.15) is 0 Å². The maximum atomic E-state index is 12.0. The molecule has 0 N–H and O–H groups in total. The molecule has 0 amide bonds. The normalized spacial score (nSPS) is 13.1. The van der Waals surface area contributed by atoms with Gasteiger partial charge in [0.2, 0.25) is 12.6 Å². The minimum atomic E-state index is -0.846. The van der Waals surface area contributed by atoms with E-state index in [-0.39, 0.29) is 5.57 Å². The SMILES string of the molecule is C=C(C)C(=O)OC(C)OC(C)OC(=O)c1ccccc1I. The Bertz CT molecular complexity index is 541. The van der Waals surface area contributed by atoms with E-state index >= 15 is 0 Å². The lowest BCUT2D eigenvalue weighted by atomic mass is 10.2. The van der Waals surface area contributed by atoms with Gasteiger partial charge in [-0.25, -0.2) is 9.59 Å². The lowest BCUT2D eigenvalue weighted by molar-refractivity contribution is -0.212. The monoisotopic (exact) mass is 404 g/mol. The Kier molecular flexibility index (Phi) is 6.83. The van der Waals surface area contributed by atoms with Gasteiger partial charge in [-0.05, 0) is 55.5 Å². The van der Waals surface area contributed by atoms with Crippen LogP contribution in [0.3, 0.4) is 0 Å². The van der Waals surface area contributed by atoms with Crippen LogP contribution in [-0.2, 0) is 19.0 Å². The molecule has 0 aliphatic carbocycles. The number of ether oxygens (including phenoxy) is 3. The summed E-state index contributed by atoms with van der Waals surface area (Å²) >= 11 is 2.05. The predicted molar refractivity (Wildman–Crippen MR) is 85.5 cm³/mol. The summed E-state index contributed by atoms with van der Waals surface area (Å²) in [6, 6.07) is 7.06. The molecule has 5 nitrogen and oxygen atoms in total. The van der Waals surface area contributed by atoms with Crippen LogP contribution in [0, 0.1) is 3.57 Å². The molecular weight excluding hydrogens is 387 g/mol. The van der Waals surface area contributed by atoms with Gasteiger partial charge in [0.15, 0.2) is 0 Å². The second-order valence-corrected chi connectivity index (χ2v) is 5.50. The third kappa shape index (κ3) is 5.84. The summed E-state index contributed by atoms with van der Waals surface area (Å²) in [5, 5.41) is 0. The van der Waals surface area contributed by atoms with E-state index in [0.717, 1.165) is 3.57 Å². The summed E-state index contributed by atoms with van der Waals surface area (Å²) in [5.41, 5.74) is 0.731. The Balaban J connectivity index is 2.52. The summed E-state index contributed by atoms with van der Waals surface area (Å²) in [4.78, 5) is 23.3. The molecular formula is C15H17IO5. The van der Waals surface area contributed by atoms with Crippen molar-refractivity contribution in [3.8, 4) is 0 Å². The van der Waals surface area contributed by atoms with Crippen LogP contribution in [-0.4, -0.2) is 24.5 Å². The molecule has 0 aliphatic heterocycles. The van der Waals surface area contributed by atoms with Crippen molar-refractivity contribution >= 4 is 34.5 Å². The van der Waals surface area contributed by atoms with Crippen molar-refractivity contribution in [2.24, 2.45) is 0 Å². The van der Waals surface area contributed by atoms with Crippen molar-refractivity contribution in [3.05, 3.63) is 45.6 Å². The minimum Gasteiger partial charge on any atom is -0.433 e. The first kappa shape index (κ1) is 17.6. The second-order valence-electron chi connectivity index (χ2n) is 4.34. The van der Waals surface area contributed by atoms with E-state index in [4.69, 9.17) is 14.2 Å². The zero-order valence-corrected chi connectivity index (χ0v) is 14.2. The average Bonchev–Trinajstić information content (AvgIpc) is 2.38. The largest absolute Gasteiger partial charge is 0.433 e. The molecule has 6 heteroatoms. The van der Waals surface area contributed by atoms with E-state index in [1.165, 1.54) is 13.8 Å². The predicted octanol–water partition coefficient (Wildman–Crippen LogP) is 3.28. The highest BCUT2D eigenvalue weighted by atomic mass is 127. The average molecular weight is 404 g/mol. The molecule has 0 spiro atoms. The van der Waals surface area contributed by atoms with E-state index < -0.39 is 24.5 Å². The van der Waals surface area contributed by atoms with Crippen LogP contribution in [0.2, 0.25) is 0 Å². The van der Waals surface area contributed by atoms with Gasteiger partial charge >= 0.3 is 11.9 Å². The molecule has 1 rings (SSSR count). The van der Waals surface area contributed by atoms with Crippen LogP contribution in [0.1, 0.15) is 31.1 Å². The zero-order chi connectivity index (χ0) is 16.0. The van der Waals surface area contributed by atoms with Crippen molar-refractivity contribution in [1.29, 1.82) is 0 Å². The molecule has 0 aromatic heterocycles. The summed E-state index contributed by atoms with van der Waals surface area (Å²) in [6.45, 7) is 8.10. The van der Waals surface area contributed by atoms with Crippen molar-refractivity contribution in [2.75, 3.05) is 0 Å². The Morgan fingerprint density at radius 2 is 1.71 bits per heavy atom. The number of hydrogen-bond acceptors (Lipinski definition) is 5. The van der Waals surface area contributed by atoms with Crippen molar-refractivity contribution < 1.29 is 23.8 Å². The molecule has 0 bridgehead atoms. The molecule has 0 fully saturated rings. The van der Waals surface area contributed by atoms with Gasteiger partial charge in [0, 0.05) is 9.14 Å². The third-order valence-corrected chi connectivity index (χ3v) is 3.31. The number of hydrogen-bond donors (Lipinski definition) is 0. The van der Waals surface area contributed by atoms with Gasteiger partial charge in [0.25, 0.3) is 0 Å². The standard InChI is InChI=1S/C15H17IO5/c1-9(2)14(17)20-10(3)19-11(4)21-15(18)12-7-5-6-8-13(12)16/h5-8,10-11H,1H2,2-4H3. The quantitative estimate of drug-likeness (QED) is 0.315. The first-order valence-corrected chi connectivity index (χ1v) is 7.36. The Labute approximate surface area is 137 Å². The second kappa shape index (κ2) is 8.14. The topological polar surface area (TPSA) is 61.8 Å². The number of benzene rings is 1. The lowest BCUT2D eigenvalue weighted by Crippen LogP contribution is -2.27. The molecule has 1 aromatic carbocycles. The fourth-order valence-corrected chi connectivity index (χ4v) is 2.03. The number of carbonyl (C=O) groups excluding carboxylic acids is 2.